The summed E-state index contributed by atoms with van der Waals surface area (Å²) in [6.07, 6.45) is 4.78. The van der Waals surface area contributed by atoms with E-state index in [2.05, 4.69) is 5.32 Å². The summed E-state index contributed by atoms with van der Waals surface area (Å²) in [5.74, 6) is 0.656. The summed E-state index contributed by atoms with van der Waals surface area (Å²) in [6, 6.07) is 4.70. The monoisotopic (exact) mass is 326 g/mol. The molecule has 1 saturated carbocycles. The molecule has 2 amide bonds. The molecule has 2 N–H and O–H groups in total. The van der Waals surface area contributed by atoms with Gasteiger partial charge in [-0.15, -0.1) is 0 Å². The SMILES string of the molecule is CC(CO)N(C)C(=O)Nc1ccc(OC2CCCC2)c(Cl)c1. The molecule has 1 unspecified atom stereocenters. The number of ether oxygens (including phenoxy) is 1. The molecule has 0 aliphatic heterocycles. The van der Waals surface area contributed by atoms with Crippen LogP contribution in [0.15, 0.2) is 18.2 Å². The second-order valence-electron chi connectivity index (χ2n) is 5.74. The van der Waals surface area contributed by atoms with E-state index in [1.54, 1.807) is 32.2 Å². The summed E-state index contributed by atoms with van der Waals surface area (Å²) in [7, 11) is 1.63. The molecule has 1 aliphatic carbocycles. The zero-order valence-corrected chi connectivity index (χ0v) is 13.8. The minimum absolute atomic E-state index is 0.0845. The third-order valence-corrected chi connectivity index (χ3v) is 4.32. The van der Waals surface area contributed by atoms with Crippen LogP contribution in [0.3, 0.4) is 0 Å². The lowest BCUT2D eigenvalue weighted by molar-refractivity contribution is 0.166. The van der Waals surface area contributed by atoms with Gasteiger partial charge in [0.2, 0.25) is 0 Å². The smallest absolute Gasteiger partial charge is 0.321 e. The standard InChI is InChI=1S/C16H23ClN2O3/c1-11(10-20)19(2)16(21)18-12-7-8-15(14(17)9-12)22-13-5-3-4-6-13/h7-9,11,13,20H,3-6,10H2,1-2H3,(H,18,21). The Balaban J connectivity index is 1.98. The molecule has 0 radical (unpaired) electrons. The Bertz CT molecular complexity index is 518. The maximum absolute atomic E-state index is 12.0. The molecule has 1 aromatic rings. The predicted molar refractivity (Wildman–Crippen MR) is 87.7 cm³/mol. The molecule has 0 saturated heterocycles. The fraction of sp³-hybridized carbons (Fsp3) is 0.562. The lowest BCUT2D eigenvalue weighted by Crippen LogP contribution is -2.40. The van der Waals surface area contributed by atoms with Crippen LogP contribution in [0.2, 0.25) is 5.02 Å². The van der Waals surface area contributed by atoms with Crippen molar-refractivity contribution in [3.05, 3.63) is 23.2 Å². The van der Waals surface area contributed by atoms with Crippen molar-refractivity contribution in [2.45, 2.75) is 44.8 Å². The quantitative estimate of drug-likeness (QED) is 0.870. The number of rotatable bonds is 5. The Morgan fingerprint density at radius 1 is 1.50 bits per heavy atom. The number of amides is 2. The highest BCUT2D eigenvalue weighted by atomic mass is 35.5. The van der Waals surface area contributed by atoms with Gasteiger partial charge in [-0.2, -0.15) is 0 Å². The van der Waals surface area contributed by atoms with Crippen LogP contribution < -0.4 is 10.1 Å². The number of likely N-dealkylation sites (N-methyl/N-ethyl adjacent to an activating group) is 1. The number of nitrogens with zero attached hydrogens (tertiary/aromatic N) is 1. The summed E-state index contributed by atoms with van der Waals surface area (Å²) in [6.45, 7) is 1.68. The molecule has 122 valence electrons. The molecular weight excluding hydrogens is 304 g/mol. The molecule has 1 fully saturated rings. The second kappa shape index (κ2) is 7.70. The molecule has 6 heteroatoms. The maximum atomic E-state index is 12.0. The topological polar surface area (TPSA) is 61.8 Å². The van der Waals surface area contributed by atoms with Crippen LogP contribution in [-0.4, -0.2) is 41.8 Å². The number of hydrogen-bond acceptors (Lipinski definition) is 3. The Kier molecular flexibility index (Phi) is 5.91. The van der Waals surface area contributed by atoms with E-state index in [1.165, 1.54) is 17.7 Å². The van der Waals surface area contributed by atoms with E-state index in [4.69, 9.17) is 21.4 Å². The average molecular weight is 327 g/mol. The molecule has 0 aromatic heterocycles. The number of halogens is 1. The highest BCUT2D eigenvalue weighted by molar-refractivity contribution is 6.32. The van der Waals surface area contributed by atoms with Gasteiger partial charge < -0.3 is 20.1 Å². The van der Waals surface area contributed by atoms with E-state index in [-0.39, 0.29) is 24.8 Å². The van der Waals surface area contributed by atoms with Crippen LogP contribution in [0, 0.1) is 0 Å². The molecule has 0 spiro atoms. The minimum atomic E-state index is -0.290. The lowest BCUT2D eigenvalue weighted by atomic mass is 10.2. The Hall–Kier alpha value is -1.46. The Labute approximate surface area is 136 Å². The van der Waals surface area contributed by atoms with Crippen LogP contribution in [0.1, 0.15) is 32.6 Å². The molecule has 1 atom stereocenters. The van der Waals surface area contributed by atoms with E-state index in [0.29, 0.717) is 16.5 Å². The first-order chi connectivity index (χ1) is 10.5. The molecule has 0 bridgehead atoms. The van der Waals surface area contributed by atoms with Gasteiger partial charge in [-0.1, -0.05) is 11.6 Å². The van der Waals surface area contributed by atoms with Gasteiger partial charge in [0.25, 0.3) is 0 Å². The van der Waals surface area contributed by atoms with Gasteiger partial charge >= 0.3 is 6.03 Å². The molecule has 2 rings (SSSR count). The summed E-state index contributed by atoms with van der Waals surface area (Å²) in [5, 5.41) is 12.3. The van der Waals surface area contributed by atoms with Crippen LogP contribution in [-0.2, 0) is 0 Å². The molecule has 5 nitrogen and oxygen atoms in total. The van der Waals surface area contributed by atoms with Gasteiger partial charge in [0, 0.05) is 12.7 Å². The normalized spacial score (nSPS) is 16.4. The molecular formula is C16H23ClN2O3. The number of carbonyl (C=O) groups excluding carboxylic acids is 1. The summed E-state index contributed by atoms with van der Waals surface area (Å²) < 4.78 is 5.88. The van der Waals surface area contributed by atoms with Crippen molar-refractivity contribution in [1.29, 1.82) is 0 Å². The number of anilines is 1. The van der Waals surface area contributed by atoms with E-state index >= 15 is 0 Å². The first kappa shape index (κ1) is 16.9. The van der Waals surface area contributed by atoms with Gasteiger partial charge in [0.05, 0.1) is 23.8 Å². The zero-order chi connectivity index (χ0) is 16.1. The predicted octanol–water partition coefficient (Wildman–Crippen LogP) is 3.51. The third-order valence-electron chi connectivity index (χ3n) is 4.02. The number of urea groups is 1. The first-order valence-corrected chi connectivity index (χ1v) is 8.00. The third kappa shape index (κ3) is 4.27. The number of aliphatic hydroxyl groups excluding tert-OH is 1. The van der Waals surface area contributed by atoms with Crippen molar-refractivity contribution in [1.82, 2.24) is 4.90 Å². The Morgan fingerprint density at radius 3 is 2.77 bits per heavy atom. The van der Waals surface area contributed by atoms with Crippen molar-refractivity contribution in [2.75, 3.05) is 19.0 Å². The number of aliphatic hydroxyl groups is 1. The van der Waals surface area contributed by atoms with E-state index in [0.717, 1.165) is 12.8 Å². The minimum Gasteiger partial charge on any atom is -0.489 e. The van der Waals surface area contributed by atoms with Crippen molar-refractivity contribution < 1.29 is 14.6 Å². The van der Waals surface area contributed by atoms with Crippen LogP contribution in [0.4, 0.5) is 10.5 Å². The first-order valence-electron chi connectivity index (χ1n) is 7.62. The van der Waals surface area contributed by atoms with Crippen molar-refractivity contribution in [3.63, 3.8) is 0 Å². The molecule has 22 heavy (non-hydrogen) atoms. The van der Waals surface area contributed by atoms with Crippen molar-refractivity contribution in [3.8, 4) is 5.75 Å². The largest absolute Gasteiger partial charge is 0.489 e. The van der Waals surface area contributed by atoms with Crippen LogP contribution >= 0.6 is 11.6 Å². The number of benzene rings is 1. The average Bonchev–Trinajstić information content (AvgIpc) is 3.01. The molecule has 1 aromatic carbocycles. The van der Waals surface area contributed by atoms with Crippen LogP contribution in [0.25, 0.3) is 0 Å². The Morgan fingerprint density at radius 2 is 2.18 bits per heavy atom. The highest BCUT2D eigenvalue weighted by Crippen LogP contribution is 2.31. The van der Waals surface area contributed by atoms with Gasteiger partial charge in [0.1, 0.15) is 5.75 Å². The number of nitrogens with one attached hydrogen (secondary N) is 1. The fourth-order valence-corrected chi connectivity index (χ4v) is 2.62. The molecule has 0 heterocycles. The van der Waals surface area contributed by atoms with Gasteiger partial charge in [-0.3, -0.25) is 0 Å². The van der Waals surface area contributed by atoms with Crippen molar-refractivity contribution in [2.24, 2.45) is 0 Å². The number of hydrogen-bond donors (Lipinski definition) is 2. The maximum Gasteiger partial charge on any atom is 0.321 e. The number of carbonyl (C=O) groups is 1. The van der Waals surface area contributed by atoms with Crippen LogP contribution in [0.5, 0.6) is 5.75 Å². The zero-order valence-electron chi connectivity index (χ0n) is 13.0. The van der Waals surface area contributed by atoms with Gasteiger partial charge in [-0.05, 0) is 50.8 Å². The summed E-state index contributed by atoms with van der Waals surface area (Å²) >= 11 is 6.23. The lowest BCUT2D eigenvalue weighted by Gasteiger charge is -2.23. The van der Waals surface area contributed by atoms with E-state index in [9.17, 15) is 4.79 Å². The summed E-state index contributed by atoms with van der Waals surface area (Å²) in [5.41, 5.74) is 0.603. The highest BCUT2D eigenvalue weighted by Gasteiger charge is 2.19. The molecule has 1 aliphatic rings. The van der Waals surface area contributed by atoms with Gasteiger partial charge in [0.15, 0.2) is 0 Å². The van der Waals surface area contributed by atoms with Crippen molar-refractivity contribution >= 4 is 23.3 Å². The van der Waals surface area contributed by atoms with E-state index in [1.807, 2.05) is 0 Å². The summed E-state index contributed by atoms with van der Waals surface area (Å²) in [4.78, 5) is 13.5. The fourth-order valence-electron chi connectivity index (χ4n) is 2.39. The van der Waals surface area contributed by atoms with E-state index < -0.39 is 0 Å². The second-order valence-corrected chi connectivity index (χ2v) is 6.15. The van der Waals surface area contributed by atoms with Gasteiger partial charge in [-0.25, -0.2) is 4.79 Å².